The van der Waals surface area contributed by atoms with Crippen molar-refractivity contribution in [1.82, 2.24) is 9.55 Å². The van der Waals surface area contributed by atoms with Crippen LogP contribution < -0.4 is 10.6 Å². The van der Waals surface area contributed by atoms with Gasteiger partial charge in [0.15, 0.2) is 0 Å². The second-order valence-corrected chi connectivity index (χ2v) is 5.08. The Morgan fingerprint density at radius 2 is 1.88 bits per heavy atom. The van der Waals surface area contributed by atoms with Crippen LogP contribution in [0.5, 0.6) is 0 Å². The van der Waals surface area contributed by atoms with Gasteiger partial charge in [0, 0.05) is 18.5 Å². The summed E-state index contributed by atoms with van der Waals surface area (Å²) in [4.78, 5) is 16.0. The zero-order valence-electron chi connectivity index (χ0n) is 12.5. The van der Waals surface area contributed by atoms with Crippen LogP contribution in [0.2, 0.25) is 0 Å². The Bertz CT molecular complexity index is 850. The highest BCUT2D eigenvalue weighted by Gasteiger charge is 2.10. The topological polar surface area (TPSA) is 59.0 Å². The summed E-state index contributed by atoms with van der Waals surface area (Å²) in [6, 6.07) is 10.1. The predicted octanol–water partition coefficient (Wildman–Crippen LogP) is 3.54. The van der Waals surface area contributed by atoms with E-state index >= 15 is 0 Å². The van der Waals surface area contributed by atoms with Crippen molar-refractivity contribution < 1.29 is 13.6 Å². The van der Waals surface area contributed by atoms with Gasteiger partial charge in [0.2, 0.25) is 5.91 Å². The molecule has 1 heterocycles. The van der Waals surface area contributed by atoms with E-state index in [4.69, 9.17) is 0 Å². The Balaban J connectivity index is 1.76. The third-order valence-electron chi connectivity index (χ3n) is 3.29. The first-order valence-electron chi connectivity index (χ1n) is 7.18. The number of aromatic nitrogens is 2. The average Bonchev–Trinajstić information content (AvgIpc) is 3.04. The van der Waals surface area contributed by atoms with Crippen molar-refractivity contribution in [2.24, 2.45) is 0 Å². The number of benzene rings is 2. The fraction of sp³-hybridized carbons (Fsp3) is 0.0588. The van der Waals surface area contributed by atoms with Gasteiger partial charge in [0.25, 0.3) is 0 Å². The maximum atomic E-state index is 13.8. The number of halogens is 2. The molecule has 1 aromatic heterocycles. The van der Waals surface area contributed by atoms with E-state index in [1.54, 1.807) is 41.2 Å². The van der Waals surface area contributed by atoms with Crippen LogP contribution in [0.3, 0.4) is 0 Å². The summed E-state index contributed by atoms with van der Waals surface area (Å²) in [6.07, 6.45) is 4.80. The Morgan fingerprint density at radius 1 is 1.08 bits per heavy atom. The van der Waals surface area contributed by atoms with E-state index in [1.807, 2.05) is 0 Å². The van der Waals surface area contributed by atoms with Crippen molar-refractivity contribution in [1.29, 1.82) is 0 Å². The highest BCUT2D eigenvalue weighted by molar-refractivity contribution is 5.94. The first kappa shape index (κ1) is 15.7. The Morgan fingerprint density at radius 3 is 2.58 bits per heavy atom. The van der Waals surface area contributed by atoms with Crippen molar-refractivity contribution in [2.45, 2.75) is 6.54 Å². The molecule has 0 radical (unpaired) electrons. The van der Waals surface area contributed by atoms with Gasteiger partial charge in [0.05, 0.1) is 23.4 Å². The third-order valence-corrected chi connectivity index (χ3v) is 3.29. The molecular weight excluding hydrogens is 314 g/mol. The standard InChI is InChI=1S/C17H14F2N4O/c18-12-5-6-14(13(19)9-12)21-15-3-1-2-4-16(15)22-17(24)10-23-8-7-20-11-23/h1-9,11,21H,10H2,(H,22,24). The minimum atomic E-state index is -0.713. The average molecular weight is 328 g/mol. The molecule has 122 valence electrons. The van der Waals surface area contributed by atoms with Crippen LogP contribution in [0.15, 0.2) is 61.2 Å². The number of para-hydroxylation sites is 2. The number of nitrogens with one attached hydrogen (secondary N) is 2. The van der Waals surface area contributed by atoms with Gasteiger partial charge in [-0.1, -0.05) is 12.1 Å². The molecule has 0 saturated heterocycles. The van der Waals surface area contributed by atoms with Gasteiger partial charge in [0.1, 0.15) is 18.2 Å². The molecule has 0 spiro atoms. The summed E-state index contributed by atoms with van der Waals surface area (Å²) < 4.78 is 28.4. The fourth-order valence-electron chi connectivity index (χ4n) is 2.17. The molecule has 2 N–H and O–H groups in total. The first-order chi connectivity index (χ1) is 11.6. The second-order valence-electron chi connectivity index (χ2n) is 5.08. The quantitative estimate of drug-likeness (QED) is 0.753. The van der Waals surface area contributed by atoms with Crippen LogP contribution in [-0.4, -0.2) is 15.5 Å². The summed E-state index contributed by atoms with van der Waals surface area (Å²) in [7, 11) is 0. The van der Waals surface area contributed by atoms with E-state index < -0.39 is 11.6 Å². The number of nitrogens with zero attached hydrogens (tertiary/aromatic N) is 2. The molecular formula is C17H14F2N4O. The molecule has 5 nitrogen and oxygen atoms in total. The summed E-state index contributed by atoms with van der Waals surface area (Å²) in [5, 5.41) is 5.61. The highest BCUT2D eigenvalue weighted by Crippen LogP contribution is 2.27. The molecule has 0 saturated carbocycles. The van der Waals surface area contributed by atoms with E-state index in [-0.39, 0.29) is 18.1 Å². The highest BCUT2D eigenvalue weighted by atomic mass is 19.1. The van der Waals surface area contributed by atoms with Crippen molar-refractivity contribution >= 4 is 23.0 Å². The maximum absolute atomic E-state index is 13.8. The lowest BCUT2D eigenvalue weighted by Crippen LogP contribution is -2.18. The van der Waals surface area contributed by atoms with Crippen LogP contribution in [0.4, 0.5) is 25.8 Å². The van der Waals surface area contributed by atoms with Crippen molar-refractivity contribution in [2.75, 3.05) is 10.6 Å². The van der Waals surface area contributed by atoms with Gasteiger partial charge < -0.3 is 15.2 Å². The Hall–Kier alpha value is -3.22. The summed E-state index contributed by atoms with van der Waals surface area (Å²) >= 11 is 0. The van der Waals surface area contributed by atoms with Gasteiger partial charge in [-0.05, 0) is 24.3 Å². The third kappa shape index (κ3) is 3.75. The lowest BCUT2D eigenvalue weighted by molar-refractivity contribution is -0.116. The minimum Gasteiger partial charge on any atom is -0.351 e. The number of carbonyl (C=O) groups excluding carboxylic acids is 1. The normalized spacial score (nSPS) is 10.4. The molecule has 0 atom stereocenters. The Kier molecular flexibility index (Phi) is 4.51. The van der Waals surface area contributed by atoms with E-state index in [1.165, 1.54) is 12.4 Å². The molecule has 1 amide bonds. The molecule has 0 aliphatic heterocycles. The number of anilines is 3. The maximum Gasteiger partial charge on any atom is 0.244 e. The zero-order chi connectivity index (χ0) is 16.9. The van der Waals surface area contributed by atoms with Crippen LogP contribution >= 0.6 is 0 Å². The van der Waals surface area contributed by atoms with Gasteiger partial charge in [-0.2, -0.15) is 0 Å². The van der Waals surface area contributed by atoms with Crippen LogP contribution in [0.1, 0.15) is 0 Å². The molecule has 7 heteroatoms. The number of amides is 1. The molecule has 3 aromatic rings. The van der Waals surface area contributed by atoms with E-state index in [2.05, 4.69) is 15.6 Å². The smallest absolute Gasteiger partial charge is 0.244 e. The zero-order valence-corrected chi connectivity index (χ0v) is 12.5. The second kappa shape index (κ2) is 6.91. The minimum absolute atomic E-state index is 0.110. The SMILES string of the molecule is O=C(Cn1ccnc1)Nc1ccccc1Nc1ccc(F)cc1F. The van der Waals surface area contributed by atoms with Crippen LogP contribution in [-0.2, 0) is 11.3 Å². The summed E-state index contributed by atoms with van der Waals surface area (Å²) in [5.41, 5.74) is 1.11. The van der Waals surface area contributed by atoms with Crippen LogP contribution in [0.25, 0.3) is 0 Å². The van der Waals surface area contributed by atoms with E-state index in [0.29, 0.717) is 11.4 Å². The van der Waals surface area contributed by atoms with Crippen molar-refractivity contribution in [3.63, 3.8) is 0 Å². The lowest BCUT2D eigenvalue weighted by atomic mass is 10.2. The number of hydrogen-bond acceptors (Lipinski definition) is 3. The molecule has 24 heavy (non-hydrogen) atoms. The van der Waals surface area contributed by atoms with E-state index in [0.717, 1.165) is 12.1 Å². The predicted molar refractivity (Wildman–Crippen MR) is 86.9 cm³/mol. The molecule has 2 aromatic carbocycles. The van der Waals surface area contributed by atoms with Gasteiger partial charge in [-0.25, -0.2) is 13.8 Å². The van der Waals surface area contributed by atoms with Crippen LogP contribution in [0, 0.1) is 11.6 Å². The first-order valence-corrected chi connectivity index (χ1v) is 7.18. The largest absolute Gasteiger partial charge is 0.351 e. The number of imidazole rings is 1. The fourth-order valence-corrected chi connectivity index (χ4v) is 2.17. The Labute approximate surface area is 137 Å². The molecule has 0 fully saturated rings. The summed E-state index contributed by atoms with van der Waals surface area (Å²) in [6.45, 7) is 0.110. The number of carbonyl (C=O) groups is 1. The van der Waals surface area contributed by atoms with Crippen molar-refractivity contribution in [3.05, 3.63) is 72.8 Å². The van der Waals surface area contributed by atoms with E-state index in [9.17, 15) is 13.6 Å². The molecule has 3 rings (SSSR count). The molecule has 0 bridgehead atoms. The van der Waals surface area contributed by atoms with Gasteiger partial charge in [-0.15, -0.1) is 0 Å². The summed E-state index contributed by atoms with van der Waals surface area (Å²) in [5.74, 6) is -1.61. The number of hydrogen-bond donors (Lipinski definition) is 2. The molecule has 0 aliphatic rings. The van der Waals surface area contributed by atoms with Gasteiger partial charge >= 0.3 is 0 Å². The molecule has 0 aliphatic carbocycles. The molecule has 0 unspecified atom stereocenters. The van der Waals surface area contributed by atoms with Crippen molar-refractivity contribution in [3.8, 4) is 0 Å². The van der Waals surface area contributed by atoms with Gasteiger partial charge in [-0.3, -0.25) is 4.79 Å². The number of rotatable bonds is 5. The lowest BCUT2D eigenvalue weighted by Gasteiger charge is -2.14. The monoisotopic (exact) mass is 328 g/mol.